The van der Waals surface area contributed by atoms with Gasteiger partial charge in [-0.05, 0) is 12.1 Å². The number of alkyl halides is 3. The van der Waals surface area contributed by atoms with Crippen LogP contribution in [0.3, 0.4) is 0 Å². The van der Waals surface area contributed by atoms with E-state index in [1.807, 2.05) is 0 Å². The van der Waals surface area contributed by atoms with Crippen LogP contribution >= 0.6 is 12.4 Å². The summed E-state index contributed by atoms with van der Waals surface area (Å²) in [6.45, 7) is 0. The van der Waals surface area contributed by atoms with Crippen molar-refractivity contribution in [3.8, 4) is 5.75 Å². The van der Waals surface area contributed by atoms with Gasteiger partial charge in [-0.2, -0.15) is 0 Å². The smallest absolute Gasteiger partial charge is 0.405 e. The molecule has 0 bridgehead atoms. The molecule has 0 aliphatic heterocycles. The molecule has 3 N–H and O–H groups in total. The third kappa shape index (κ3) is 4.07. The lowest BCUT2D eigenvalue weighted by atomic mass is 10.2. The molecule has 1 rings (SSSR count). The summed E-state index contributed by atoms with van der Waals surface area (Å²) < 4.78 is 39.2. The minimum atomic E-state index is -4.77. The van der Waals surface area contributed by atoms with Gasteiger partial charge in [0, 0.05) is 0 Å². The maximum Gasteiger partial charge on any atom is 0.573 e. The predicted octanol–water partition coefficient (Wildman–Crippen LogP) is 2.29. The molecule has 0 heterocycles. The zero-order valence-electron chi connectivity index (χ0n) is 7.34. The van der Waals surface area contributed by atoms with Crippen LogP contribution in [0.5, 0.6) is 5.75 Å². The van der Waals surface area contributed by atoms with Gasteiger partial charge in [0.1, 0.15) is 11.6 Å². The maximum atomic E-state index is 11.9. The van der Waals surface area contributed by atoms with Gasteiger partial charge in [-0.25, -0.2) is 0 Å². The zero-order chi connectivity index (χ0) is 10.8. The van der Waals surface area contributed by atoms with Crippen LogP contribution in [0.25, 0.3) is 0 Å². The Morgan fingerprint density at radius 2 is 1.80 bits per heavy atom. The van der Waals surface area contributed by atoms with Crippen LogP contribution < -0.4 is 10.5 Å². The molecule has 0 aliphatic carbocycles. The van der Waals surface area contributed by atoms with Gasteiger partial charge in [0.2, 0.25) is 0 Å². The predicted molar refractivity (Wildman–Crippen MR) is 51.4 cm³/mol. The molecule has 0 aliphatic rings. The molecule has 1 aromatic carbocycles. The van der Waals surface area contributed by atoms with E-state index in [4.69, 9.17) is 11.1 Å². The molecule has 0 fully saturated rings. The standard InChI is InChI=1S/C8H7F3N2O.ClH/c9-8(10,11)14-6-4-2-1-3-5(6)7(12)13;/h1-4H,(H3,12,13);1H. The Hall–Kier alpha value is -1.43. The summed E-state index contributed by atoms with van der Waals surface area (Å²) in [7, 11) is 0. The summed E-state index contributed by atoms with van der Waals surface area (Å²) in [5, 5.41) is 7.01. The molecule has 84 valence electrons. The third-order valence-corrected chi connectivity index (χ3v) is 1.40. The Labute approximate surface area is 89.9 Å². The number of hydrogen-bond donors (Lipinski definition) is 2. The minimum absolute atomic E-state index is 0. The fourth-order valence-corrected chi connectivity index (χ4v) is 0.903. The van der Waals surface area contributed by atoms with E-state index < -0.39 is 17.9 Å². The van der Waals surface area contributed by atoms with Crippen molar-refractivity contribution in [2.24, 2.45) is 5.73 Å². The van der Waals surface area contributed by atoms with E-state index in [1.54, 1.807) is 0 Å². The molecule has 1 aromatic rings. The molecule has 0 spiro atoms. The number of halogens is 4. The van der Waals surface area contributed by atoms with Crippen LogP contribution in [0.1, 0.15) is 5.56 Å². The number of nitrogens with one attached hydrogen (secondary N) is 1. The van der Waals surface area contributed by atoms with Crippen molar-refractivity contribution in [3.63, 3.8) is 0 Å². The first-order valence-corrected chi connectivity index (χ1v) is 3.59. The third-order valence-electron chi connectivity index (χ3n) is 1.40. The Morgan fingerprint density at radius 1 is 1.27 bits per heavy atom. The first-order chi connectivity index (χ1) is 6.40. The molecule has 0 unspecified atom stereocenters. The maximum absolute atomic E-state index is 11.9. The first-order valence-electron chi connectivity index (χ1n) is 3.59. The number of amidine groups is 1. The molecular weight excluding hydrogens is 233 g/mol. The SMILES string of the molecule is Cl.N=C(N)c1ccccc1OC(F)(F)F. The quantitative estimate of drug-likeness (QED) is 0.616. The normalized spacial score (nSPS) is 10.3. The molecule has 15 heavy (non-hydrogen) atoms. The van der Waals surface area contributed by atoms with E-state index >= 15 is 0 Å². The second kappa shape index (κ2) is 4.88. The van der Waals surface area contributed by atoms with Crippen LogP contribution in [0.15, 0.2) is 24.3 Å². The minimum Gasteiger partial charge on any atom is -0.405 e. The van der Waals surface area contributed by atoms with Gasteiger partial charge in [-0.1, -0.05) is 12.1 Å². The summed E-state index contributed by atoms with van der Waals surface area (Å²) in [5.74, 6) is -0.933. The van der Waals surface area contributed by atoms with Crippen molar-refractivity contribution >= 4 is 18.2 Å². The van der Waals surface area contributed by atoms with Crippen LogP contribution in [-0.4, -0.2) is 12.2 Å². The lowest BCUT2D eigenvalue weighted by molar-refractivity contribution is -0.274. The highest BCUT2D eigenvalue weighted by atomic mass is 35.5. The summed E-state index contributed by atoms with van der Waals surface area (Å²) in [5.41, 5.74) is 4.99. The second-order valence-corrected chi connectivity index (χ2v) is 2.46. The fourth-order valence-electron chi connectivity index (χ4n) is 0.903. The van der Waals surface area contributed by atoms with E-state index in [0.717, 1.165) is 6.07 Å². The molecule has 0 saturated carbocycles. The van der Waals surface area contributed by atoms with E-state index in [2.05, 4.69) is 4.74 Å². The lowest BCUT2D eigenvalue weighted by Crippen LogP contribution is -2.20. The van der Waals surface area contributed by atoms with Crippen molar-refractivity contribution < 1.29 is 17.9 Å². The number of rotatable bonds is 2. The highest BCUT2D eigenvalue weighted by molar-refractivity contribution is 5.97. The molecular formula is C8H8ClF3N2O. The summed E-state index contributed by atoms with van der Waals surface area (Å²) in [4.78, 5) is 0. The van der Waals surface area contributed by atoms with Gasteiger partial charge in [-0.15, -0.1) is 25.6 Å². The first kappa shape index (κ1) is 13.6. The highest BCUT2D eigenvalue weighted by Crippen LogP contribution is 2.25. The monoisotopic (exact) mass is 240 g/mol. The molecule has 0 atom stereocenters. The Bertz CT molecular complexity index is 354. The molecule has 0 amide bonds. The van der Waals surface area contributed by atoms with Crippen LogP contribution in [0.4, 0.5) is 13.2 Å². The summed E-state index contributed by atoms with van der Waals surface area (Å²) >= 11 is 0. The fraction of sp³-hybridized carbons (Fsp3) is 0.125. The van der Waals surface area contributed by atoms with Crippen molar-refractivity contribution in [1.29, 1.82) is 5.41 Å². The van der Waals surface area contributed by atoms with E-state index in [1.165, 1.54) is 18.2 Å². The van der Waals surface area contributed by atoms with Gasteiger partial charge < -0.3 is 10.5 Å². The average molecular weight is 241 g/mol. The van der Waals surface area contributed by atoms with Crippen molar-refractivity contribution in [1.82, 2.24) is 0 Å². The van der Waals surface area contributed by atoms with Crippen LogP contribution in [0, 0.1) is 5.41 Å². The van der Waals surface area contributed by atoms with E-state index in [-0.39, 0.29) is 18.0 Å². The lowest BCUT2D eigenvalue weighted by Gasteiger charge is -2.11. The molecule has 0 saturated heterocycles. The number of para-hydroxylation sites is 1. The second-order valence-electron chi connectivity index (χ2n) is 2.46. The molecule has 7 heteroatoms. The number of hydrogen-bond acceptors (Lipinski definition) is 2. The van der Waals surface area contributed by atoms with Gasteiger partial charge in [0.15, 0.2) is 0 Å². The Morgan fingerprint density at radius 3 is 2.27 bits per heavy atom. The van der Waals surface area contributed by atoms with Crippen LogP contribution in [-0.2, 0) is 0 Å². The van der Waals surface area contributed by atoms with Crippen molar-refractivity contribution in [2.75, 3.05) is 0 Å². The molecule has 0 aromatic heterocycles. The van der Waals surface area contributed by atoms with Gasteiger partial charge in [0.05, 0.1) is 5.56 Å². The molecule has 3 nitrogen and oxygen atoms in total. The van der Waals surface area contributed by atoms with Crippen molar-refractivity contribution in [3.05, 3.63) is 29.8 Å². The Balaban J connectivity index is 0.00000196. The zero-order valence-corrected chi connectivity index (χ0v) is 8.15. The number of ether oxygens (including phenoxy) is 1. The number of nitrogen functional groups attached to an aromatic ring is 1. The number of benzene rings is 1. The van der Waals surface area contributed by atoms with Crippen molar-refractivity contribution in [2.45, 2.75) is 6.36 Å². The largest absolute Gasteiger partial charge is 0.573 e. The van der Waals surface area contributed by atoms with Gasteiger partial charge in [0.25, 0.3) is 0 Å². The topological polar surface area (TPSA) is 59.1 Å². The highest BCUT2D eigenvalue weighted by Gasteiger charge is 2.32. The van der Waals surface area contributed by atoms with Crippen LogP contribution in [0.2, 0.25) is 0 Å². The Kier molecular flexibility index (Phi) is 4.41. The summed E-state index contributed by atoms with van der Waals surface area (Å²) in [6, 6.07) is 5.22. The van der Waals surface area contributed by atoms with E-state index in [9.17, 15) is 13.2 Å². The summed E-state index contributed by atoms with van der Waals surface area (Å²) in [6.07, 6.45) is -4.77. The van der Waals surface area contributed by atoms with Gasteiger partial charge in [-0.3, -0.25) is 5.41 Å². The average Bonchev–Trinajstić information content (AvgIpc) is 2.01. The van der Waals surface area contributed by atoms with E-state index in [0.29, 0.717) is 0 Å². The van der Waals surface area contributed by atoms with Gasteiger partial charge >= 0.3 is 6.36 Å². The number of nitrogens with two attached hydrogens (primary N) is 1. The molecule has 0 radical (unpaired) electrons.